The number of rotatable bonds is 7. The van der Waals surface area contributed by atoms with E-state index in [1.165, 1.54) is 11.3 Å². The highest BCUT2D eigenvalue weighted by atomic mass is 79.9. The van der Waals surface area contributed by atoms with E-state index in [0.29, 0.717) is 45.3 Å². The van der Waals surface area contributed by atoms with Crippen LogP contribution in [0.2, 0.25) is 10.0 Å². The lowest BCUT2D eigenvalue weighted by Crippen LogP contribution is -2.39. The molecule has 2 heterocycles. The maximum Gasteiger partial charge on any atom is 0.338 e. The minimum atomic E-state index is -0.656. The summed E-state index contributed by atoms with van der Waals surface area (Å²) in [5.41, 5.74) is 4.08. The summed E-state index contributed by atoms with van der Waals surface area (Å²) in [6, 6.07) is 16.1. The van der Waals surface area contributed by atoms with Crippen LogP contribution < -0.4 is 19.6 Å². The van der Waals surface area contributed by atoms with Crippen LogP contribution in [0.25, 0.3) is 6.08 Å². The summed E-state index contributed by atoms with van der Waals surface area (Å²) in [6.07, 6.45) is 1.80. The van der Waals surface area contributed by atoms with Crippen molar-refractivity contribution in [1.82, 2.24) is 4.57 Å². The second-order valence-electron chi connectivity index (χ2n) is 9.55. The number of benzene rings is 3. The number of hydrogen-bond donors (Lipinski definition) is 0. The van der Waals surface area contributed by atoms with Crippen LogP contribution in [0, 0.1) is 6.92 Å². The molecule has 0 saturated heterocycles. The second kappa shape index (κ2) is 12.9. The summed E-state index contributed by atoms with van der Waals surface area (Å²) in [7, 11) is 0. The van der Waals surface area contributed by atoms with Crippen molar-refractivity contribution in [3.63, 3.8) is 0 Å². The van der Waals surface area contributed by atoms with Gasteiger partial charge in [0.05, 0.1) is 37.4 Å². The number of nitrogens with zero attached hydrogens (tertiary/aromatic N) is 2. The molecule has 0 unspecified atom stereocenters. The van der Waals surface area contributed by atoms with Crippen molar-refractivity contribution in [2.45, 2.75) is 33.4 Å². The summed E-state index contributed by atoms with van der Waals surface area (Å²) in [6.45, 7) is 5.98. The number of thiazole rings is 1. The smallest absolute Gasteiger partial charge is 0.338 e. The molecule has 0 fully saturated rings. The minimum absolute atomic E-state index is 0.219. The van der Waals surface area contributed by atoms with Gasteiger partial charge in [0, 0.05) is 15.6 Å². The summed E-state index contributed by atoms with van der Waals surface area (Å²) in [5, 5.41) is 1.07. The van der Waals surface area contributed by atoms with Crippen LogP contribution in [-0.2, 0) is 16.1 Å². The Hall–Kier alpha value is -2.69. The largest absolute Gasteiger partial charge is 0.486 e. The standard InChI is InChI=1S/C31H24Br2Cl2N2O4S/c1-4-40-30(39)26-17(3)36-31-37(27(26)19-7-5-16(2)6-8-19)29(38)25(42-31)13-18-11-22(32)28(23(33)12-18)41-15-20-9-10-21(34)14-24(20)35/h5-14,27H,4,15H2,1-3H3/b25-13+/t27-/m1/s1. The average Bonchev–Trinajstić information content (AvgIpc) is 3.23. The number of allylic oxidation sites excluding steroid dienone is 1. The Bertz CT molecular complexity index is 1890. The van der Waals surface area contributed by atoms with Gasteiger partial charge in [-0.1, -0.05) is 70.4 Å². The highest BCUT2D eigenvalue weighted by Gasteiger charge is 2.33. The number of aryl methyl sites for hydroxylation is 1. The van der Waals surface area contributed by atoms with E-state index in [1.54, 1.807) is 36.6 Å². The van der Waals surface area contributed by atoms with Crippen LogP contribution in [0.3, 0.4) is 0 Å². The molecule has 0 bridgehead atoms. The number of halogens is 4. The highest BCUT2D eigenvalue weighted by Crippen LogP contribution is 2.36. The van der Waals surface area contributed by atoms with Gasteiger partial charge in [0.25, 0.3) is 5.56 Å². The third-order valence-electron chi connectivity index (χ3n) is 6.62. The number of hydrogen-bond acceptors (Lipinski definition) is 6. The zero-order valence-electron chi connectivity index (χ0n) is 22.7. The Balaban J connectivity index is 1.54. The maximum absolute atomic E-state index is 13.9. The van der Waals surface area contributed by atoms with Crippen molar-refractivity contribution < 1.29 is 14.3 Å². The lowest BCUT2D eigenvalue weighted by molar-refractivity contribution is -0.139. The number of aromatic nitrogens is 1. The van der Waals surface area contributed by atoms with Crippen LogP contribution >= 0.6 is 66.4 Å². The summed E-state index contributed by atoms with van der Waals surface area (Å²) in [5.74, 6) is 0.107. The summed E-state index contributed by atoms with van der Waals surface area (Å²) >= 11 is 20.8. The second-order valence-corrected chi connectivity index (χ2v) is 13.1. The first-order chi connectivity index (χ1) is 20.1. The van der Waals surface area contributed by atoms with E-state index in [1.807, 2.05) is 49.4 Å². The number of fused-ring (bicyclic) bond motifs is 1. The lowest BCUT2D eigenvalue weighted by Gasteiger charge is -2.24. The monoisotopic (exact) mass is 748 g/mol. The van der Waals surface area contributed by atoms with E-state index in [0.717, 1.165) is 22.3 Å². The Morgan fingerprint density at radius 1 is 1.07 bits per heavy atom. The molecule has 0 aliphatic carbocycles. The molecule has 0 amide bonds. The van der Waals surface area contributed by atoms with Crippen molar-refractivity contribution in [2.24, 2.45) is 4.99 Å². The van der Waals surface area contributed by atoms with Gasteiger partial charge in [-0.05, 0) is 94.1 Å². The van der Waals surface area contributed by atoms with Crippen LogP contribution in [0.15, 0.2) is 84.6 Å². The first kappa shape index (κ1) is 30.8. The third kappa shape index (κ3) is 6.31. The molecule has 1 aromatic heterocycles. The molecule has 42 heavy (non-hydrogen) atoms. The zero-order valence-corrected chi connectivity index (χ0v) is 28.2. The zero-order chi connectivity index (χ0) is 30.1. The van der Waals surface area contributed by atoms with E-state index >= 15 is 0 Å². The third-order valence-corrected chi connectivity index (χ3v) is 9.36. The molecular weight excluding hydrogens is 727 g/mol. The molecule has 0 saturated carbocycles. The quantitative estimate of drug-likeness (QED) is 0.184. The average molecular weight is 751 g/mol. The molecule has 0 spiro atoms. The van der Waals surface area contributed by atoms with Gasteiger partial charge in [-0.2, -0.15) is 0 Å². The Morgan fingerprint density at radius 2 is 1.76 bits per heavy atom. The van der Waals surface area contributed by atoms with Crippen LogP contribution in [0.4, 0.5) is 0 Å². The SMILES string of the molecule is CCOC(=O)C1=C(C)N=c2s/c(=C/c3cc(Br)c(OCc4ccc(Cl)cc4Cl)c(Br)c3)c(=O)n2[C@@H]1c1ccc(C)cc1. The van der Waals surface area contributed by atoms with Gasteiger partial charge in [-0.15, -0.1) is 0 Å². The first-order valence-electron chi connectivity index (χ1n) is 12.9. The number of esters is 1. The van der Waals surface area contributed by atoms with E-state index in [9.17, 15) is 9.59 Å². The van der Waals surface area contributed by atoms with Gasteiger partial charge in [-0.25, -0.2) is 9.79 Å². The van der Waals surface area contributed by atoms with Crippen molar-refractivity contribution in [1.29, 1.82) is 0 Å². The van der Waals surface area contributed by atoms with Gasteiger partial charge in [0.2, 0.25) is 0 Å². The molecule has 1 aliphatic heterocycles. The lowest BCUT2D eigenvalue weighted by atomic mass is 9.95. The number of carbonyl (C=O) groups excluding carboxylic acids is 1. The molecular formula is C31H24Br2Cl2N2O4S. The fourth-order valence-corrected chi connectivity index (χ4v) is 7.56. The topological polar surface area (TPSA) is 69.9 Å². The predicted molar refractivity (Wildman–Crippen MR) is 174 cm³/mol. The van der Waals surface area contributed by atoms with Gasteiger partial charge in [-0.3, -0.25) is 9.36 Å². The van der Waals surface area contributed by atoms with Crippen molar-refractivity contribution in [2.75, 3.05) is 6.61 Å². The van der Waals surface area contributed by atoms with E-state index in [4.69, 9.17) is 32.7 Å². The fraction of sp³-hybridized carbons (Fsp3) is 0.194. The molecule has 4 aromatic rings. The van der Waals surface area contributed by atoms with Gasteiger partial charge in [0.15, 0.2) is 4.80 Å². The van der Waals surface area contributed by atoms with E-state index < -0.39 is 12.0 Å². The fourth-order valence-electron chi connectivity index (χ4n) is 4.60. The minimum Gasteiger partial charge on any atom is -0.486 e. The predicted octanol–water partition coefficient (Wildman–Crippen LogP) is 7.52. The Morgan fingerprint density at radius 3 is 2.40 bits per heavy atom. The Labute approximate surface area is 273 Å². The number of ether oxygens (including phenoxy) is 2. The maximum atomic E-state index is 13.9. The van der Waals surface area contributed by atoms with Crippen LogP contribution in [0.1, 0.15) is 42.1 Å². The van der Waals surface area contributed by atoms with E-state index in [2.05, 4.69) is 36.9 Å². The summed E-state index contributed by atoms with van der Waals surface area (Å²) in [4.78, 5) is 32.1. The first-order valence-corrected chi connectivity index (χ1v) is 16.0. The van der Waals surface area contributed by atoms with Crippen molar-refractivity contribution in [3.05, 3.63) is 127 Å². The molecule has 3 aromatic carbocycles. The van der Waals surface area contributed by atoms with Crippen molar-refractivity contribution >= 4 is 78.4 Å². The van der Waals surface area contributed by atoms with Gasteiger partial charge in [0.1, 0.15) is 12.4 Å². The molecule has 0 N–H and O–H groups in total. The molecule has 216 valence electrons. The number of carbonyl (C=O) groups is 1. The molecule has 11 heteroatoms. The van der Waals surface area contributed by atoms with E-state index in [-0.39, 0.29) is 18.8 Å². The van der Waals surface area contributed by atoms with Crippen LogP contribution in [-0.4, -0.2) is 17.1 Å². The molecule has 1 aliphatic rings. The van der Waals surface area contributed by atoms with Gasteiger partial charge >= 0.3 is 5.97 Å². The van der Waals surface area contributed by atoms with Crippen LogP contribution in [0.5, 0.6) is 5.75 Å². The van der Waals surface area contributed by atoms with Gasteiger partial charge < -0.3 is 9.47 Å². The molecule has 1 atom stereocenters. The molecule has 6 nitrogen and oxygen atoms in total. The summed E-state index contributed by atoms with van der Waals surface area (Å²) < 4.78 is 14.9. The molecule has 0 radical (unpaired) electrons. The highest BCUT2D eigenvalue weighted by molar-refractivity contribution is 9.11. The Kier molecular flexibility index (Phi) is 9.44. The van der Waals surface area contributed by atoms with Crippen molar-refractivity contribution in [3.8, 4) is 5.75 Å². The normalized spacial score (nSPS) is 14.9. The molecule has 5 rings (SSSR count).